The van der Waals surface area contributed by atoms with Crippen LogP contribution in [0, 0.1) is 5.92 Å². The molecule has 0 bridgehead atoms. The molecule has 0 aromatic heterocycles. The Morgan fingerprint density at radius 3 is 3.06 bits per heavy atom. The maximum absolute atomic E-state index is 5.97. The molecule has 1 unspecified atom stereocenters. The van der Waals surface area contributed by atoms with Crippen molar-refractivity contribution in [2.24, 2.45) is 11.7 Å². The summed E-state index contributed by atoms with van der Waals surface area (Å²) in [5.74, 6) is 0.549. The van der Waals surface area contributed by atoms with Crippen molar-refractivity contribution in [3.63, 3.8) is 0 Å². The minimum absolute atomic E-state index is 0.381. The average molecular weight is 271 g/mol. The van der Waals surface area contributed by atoms with E-state index in [0.717, 1.165) is 37.4 Å². The summed E-state index contributed by atoms with van der Waals surface area (Å²) in [6, 6.07) is 5.49. The van der Waals surface area contributed by atoms with Crippen molar-refractivity contribution in [1.82, 2.24) is 0 Å². The summed E-state index contributed by atoms with van der Waals surface area (Å²) in [5.41, 5.74) is 7.41. The third-order valence-corrected chi connectivity index (χ3v) is 3.31. The molecular formula is C12H15ClN2OS. The molecule has 1 aliphatic rings. The molecule has 92 valence electrons. The summed E-state index contributed by atoms with van der Waals surface area (Å²) in [6.07, 6.45) is 1.09. The smallest absolute Gasteiger partial charge is 0.106 e. The quantitative estimate of drug-likeness (QED) is 0.825. The second-order valence-electron chi connectivity index (χ2n) is 4.16. The van der Waals surface area contributed by atoms with E-state index in [-0.39, 0.29) is 0 Å². The number of nitrogens with one attached hydrogen (secondary N) is 1. The number of benzene rings is 1. The Bertz CT molecular complexity index is 419. The van der Waals surface area contributed by atoms with Crippen molar-refractivity contribution in [1.29, 1.82) is 0 Å². The van der Waals surface area contributed by atoms with Crippen LogP contribution < -0.4 is 11.1 Å². The van der Waals surface area contributed by atoms with E-state index in [1.54, 1.807) is 6.07 Å². The van der Waals surface area contributed by atoms with Crippen LogP contribution in [0.15, 0.2) is 18.2 Å². The molecule has 0 spiro atoms. The van der Waals surface area contributed by atoms with Crippen LogP contribution in [0.5, 0.6) is 0 Å². The van der Waals surface area contributed by atoms with Gasteiger partial charge in [0.2, 0.25) is 0 Å². The predicted molar refractivity (Wildman–Crippen MR) is 74.8 cm³/mol. The lowest BCUT2D eigenvalue weighted by Crippen LogP contribution is -2.18. The molecule has 0 aliphatic carbocycles. The molecule has 1 aliphatic heterocycles. The van der Waals surface area contributed by atoms with Crippen LogP contribution in [-0.4, -0.2) is 24.7 Å². The number of anilines is 1. The summed E-state index contributed by atoms with van der Waals surface area (Å²) in [5, 5.41) is 4.02. The lowest BCUT2D eigenvalue weighted by atomic mass is 10.1. The Morgan fingerprint density at radius 2 is 2.41 bits per heavy atom. The van der Waals surface area contributed by atoms with E-state index in [1.807, 2.05) is 12.1 Å². The molecule has 0 radical (unpaired) electrons. The first-order valence-corrected chi connectivity index (χ1v) is 6.36. The van der Waals surface area contributed by atoms with Gasteiger partial charge in [-0.05, 0) is 24.6 Å². The fraction of sp³-hybridized carbons (Fsp3) is 0.417. The zero-order valence-electron chi connectivity index (χ0n) is 9.41. The zero-order chi connectivity index (χ0) is 12.3. The number of rotatable bonds is 4. The topological polar surface area (TPSA) is 47.3 Å². The normalized spacial score (nSPS) is 19.2. The minimum Gasteiger partial charge on any atom is -0.389 e. The van der Waals surface area contributed by atoms with Gasteiger partial charge in [0.05, 0.1) is 6.61 Å². The predicted octanol–water partition coefficient (Wildman–Crippen LogP) is 2.42. The molecular weight excluding hydrogens is 256 g/mol. The molecule has 0 saturated carbocycles. The van der Waals surface area contributed by atoms with Gasteiger partial charge in [0.25, 0.3) is 0 Å². The van der Waals surface area contributed by atoms with Crippen molar-refractivity contribution in [2.75, 3.05) is 25.1 Å². The molecule has 0 amide bonds. The van der Waals surface area contributed by atoms with E-state index in [0.29, 0.717) is 15.9 Å². The molecule has 1 heterocycles. The monoisotopic (exact) mass is 270 g/mol. The molecule has 1 aromatic carbocycles. The van der Waals surface area contributed by atoms with Gasteiger partial charge in [0.15, 0.2) is 0 Å². The van der Waals surface area contributed by atoms with Crippen molar-refractivity contribution >= 4 is 34.5 Å². The molecule has 1 saturated heterocycles. The first-order valence-electron chi connectivity index (χ1n) is 5.58. The van der Waals surface area contributed by atoms with Gasteiger partial charge in [-0.15, -0.1) is 0 Å². The van der Waals surface area contributed by atoms with Crippen LogP contribution in [0.25, 0.3) is 0 Å². The van der Waals surface area contributed by atoms with Gasteiger partial charge in [-0.3, -0.25) is 0 Å². The lowest BCUT2D eigenvalue weighted by molar-refractivity contribution is 0.187. The molecule has 5 heteroatoms. The summed E-state index contributed by atoms with van der Waals surface area (Å²) in [7, 11) is 0. The first-order chi connectivity index (χ1) is 8.16. The fourth-order valence-corrected chi connectivity index (χ4v) is 2.23. The molecule has 1 atom stereocenters. The fourth-order valence-electron chi connectivity index (χ4n) is 1.88. The van der Waals surface area contributed by atoms with Gasteiger partial charge in [0, 0.05) is 35.3 Å². The number of nitrogens with two attached hydrogens (primary N) is 1. The van der Waals surface area contributed by atoms with Crippen molar-refractivity contribution < 1.29 is 4.74 Å². The van der Waals surface area contributed by atoms with Crippen LogP contribution in [0.4, 0.5) is 5.69 Å². The molecule has 3 N–H and O–H groups in total. The largest absolute Gasteiger partial charge is 0.389 e. The highest BCUT2D eigenvalue weighted by molar-refractivity contribution is 7.80. The SMILES string of the molecule is NC(=S)c1ccc(Cl)cc1NCC1CCOC1. The number of thiocarbonyl (C=S) groups is 1. The number of halogens is 1. The van der Waals surface area contributed by atoms with Gasteiger partial charge >= 0.3 is 0 Å². The number of hydrogen-bond acceptors (Lipinski definition) is 3. The second kappa shape index (κ2) is 5.67. The van der Waals surface area contributed by atoms with Crippen LogP contribution in [0.3, 0.4) is 0 Å². The standard InChI is InChI=1S/C12H15ClN2OS/c13-9-1-2-10(12(14)17)11(5-9)15-6-8-3-4-16-7-8/h1-2,5,8,15H,3-4,6-7H2,(H2,14,17). The minimum atomic E-state index is 0.381. The highest BCUT2D eigenvalue weighted by atomic mass is 35.5. The highest BCUT2D eigenvalue weighted by Gasteiger charge is 2.16. The number of ether oxygens (including phenoxy) is 1. The van der Waals surface area contributed by atoms with E-state index >= 15 is 0 Å². The van der Waals surface area contributed by atoms with Gasteiger partial charge in [-0.2, -0.15) is 0 Å². The van der Waals surface area contributed by atoms with Crippen molar-refractivity contribution in [3.8, 4) is 0 Å². The molecule has 2 rings (SSSR count). The van der Waals surface area contributed by atoms with E-state index in [2.05, 4.69) is 5.32 Å². The molecule has 1 fully saturated rings. The Morgan fingerprint density at radius 1 is 1.59 bits per heavy atom. The van der Waals surface area contributed by atoms with E-state index < -0.39 is 0 Å². The van der Waals surface area contributed by atoms with Gasteiger partial charge in [-0.25, -0.2) is 0 Å². The maximum Gasteiger partial charge on any atom is 0.106 e. The Balaban J connectivity index is 2.07. The summed E-state index contributed by atoms with van der Waals surface area (Å²) in [4.78, 5) is 0.381. The van der Waals surface area contributed by atoms with Crippen LogP contribution in [0.2, 0.25) is 5.02 Å². The Hall–Kier alpha value is -0.840. The summed E-state index contributed by atoms with van der Waals surface area (Å²) < 4.78 is 5.33. The van der Waals surface area contributed by atoms with Crippen LogP contribution >= 0.6 is 23.8 Å². The molecule has 3 nitrogen and oxygen atoms in total. The number of hydrogen-bond donors (Lipinski definition) is 2. The third-order valence-electron chi connectivity index (χ3n) is 2.85. The molecule has 1 aromatic rings. The van der Waals surface area contributed by atoms with E-state index in [1.165, 1.54) is 0 Å². The van der Waals surface area contributed by atoms with Crippen molar-refractivity contribution in [2.45, 2.75) is 6.42 Å². The third kappa shape index (κ3) is 3.31. The van der Waals surface area contributed by atoms with Crippen LogP contribution in [0.1, 0.15) is 12.0 Å². The van der Waals surface area contributed by atoms with Gasteiger partial charge < -0.3 is 15.8 Å². The van der Waals surface area contributed by atoms with Crippen LogP contribution in [-0.2, 0) is 4.74 Å². The second-order valence-corrected chi connectivity index (χ2v) is 5.04. The van der Waals surface area contributed by atoms with Gasteiger partial charge in [0.1, 0.15) is 4.99 Å². The zero-order valence-corrected chi connectivity index (χ0v) is 11.0. The highest BCUT2D eigenvalue weighted by Crippen LogP contribution is 2.22. The van der Waals surface area contributed by atoms with Crippen molar-refractivity contribution in [3.05, 3.63) is 28.8 Å². The van der Waals surface area contributed by atoms with Gasteiger partial charge in [-0.1, -0.05) is 23.8 Å². The lowest BCUT2D eigenvalue weighted by Gasteiger charge is -2.14. The Labute approximate surface area is 111 Å². The average Bonchev–Trinajstić information content (AvgIpc) is 2.78. The molecule has 17 heavy (non-hydrogen) atoms. The maximum atomic E-state index is 5.97. The van der Waals surface area contributed by atoms with E-state index in [4.69, 9.17) is 34.3 Å². The van der Waals surface area contributed by atoms with E-state index in [9.17, 15) is 0 Å². The summed E-state index contributed by atoms with van der Waals surface area (Å²) >= 11 is 11.0. The first kappa shape index (κ1) is 12.6. The Kier molecular flexibility index (Phi) is 4.20. The summed E-state index contributed by atoms with van der Waals surface area (Å²) in [6.45, 7) is 2.52.